The van der Waals surface area contributed by atoms with Crippen molar-refractivity contribution < 1.29 is 9.18 Å². The molecule has 2 N–H and O–H groups in total. The van der Waals surface area contributed by atoms with Crippen LogP contribution in [0.5, 0.6) is 0 Å². The third-order valence-corrected chi connectivity index (χ3v) is 3.50. The second-order valence-corrected chi connectivity index (χ2v) is 5.33. The molecule has 6 nitrogen and oxygen atoms in total. The van der Waals surface area contributed by atoms with Gasteiger partial charge in [-0.1, -0.05) is 23.7 Å². The van der Waals surface area contributed by atoms with Crippen LogP contribution in [0.4, 0.5) is 4.39 Å². The first-order valence-corrected chi connectivity index (χ1v) is 7.14. The number of carbonyl (C=O) groups is 1. The molecule has 8 heteroatoms. The molecule has 0 aliphatic rings. The molecule has 0 fully saturated rings. The Morgan fingerprint density at radius 1 is 1.17 bits per heavy atom. The molecule has 1 amide bonds. The van der Waals surface area contributed by atoms with Gasteiger partial charge in [0.2, 0.25) is 0 Å². The summed E-state index contributed by atoms with van der Waals surface area (Å²) in [5, 5.41) is 4.70. The van der Waals surface area contributed by atoms with Gasteiger partial charge in [-0.15, -0.1) is 0 Å². The van der Waals surface area contributed by atoms with E-state index < -0.39 is 17.3 Å². The zero-order chi connectivity index (χ0) is 17.3. The number of hydrogen-bond donors (Lipinski definition) is 1. The number of rotatable bonds is 3. The maximum Gasteiger partial charge on any atom is 0.284 e. The van der Waals surface area contributed by atoms with Crippen molar-refractivity contribution in [1.82, 2.24) is 14.8 Å². The smallest absolute Gasteiger partial charge is 0.284 e. The largest absolute Gasteiger partial charge is 0.365 e. The summed E-state index contributed by atoms with van der Waals surface area (Å²) in [5.74, 6) is -1.55. The molecule has 0 atom stereocenters. The number of hydrogen-bond acceptors (Lipinski definition) is 4. The van der Waals surface area contributed by atoms with Crippen LogP contribution in [-0.4, -0.2) is 20.7 Å². The number of nitrogens with two attached hydrogens (primary N) is 1. The zero-order valence-corrected chi connectivity index (χ0v) is 12.9. The first kappa shape index (κ1) is 15.8. The van der Waals surface area contributed by atoms with E-state index in [2.05, 4.69) is 10.1 Å². The zero-order valence-electron chi connectivity index (χ0n) is 12.1. The van der Waals surface area contributed by atoms with Crippen molar-refractivity contribution in [2.75, 3.05) is 0 Å². The fourth-order valence-electron chi connectivity index (χ4n) is 2.12. The third kappa shape index (κ3) is 3.02. The lowest BCUT2D eigenvalue weighted by Crippen LogP contribution is -2.30. The number of primary amides is 1. The SMILES string of the molecule is NC(=O)c1cc(-c2ccc(Cl)cc2)nn(-c2cncc(F)c2)c1=O. The van der Waals surface area contributed by atoms with Crippen LogP contribution in [-0.2, 0) is 0 Å². The lowest BCUT2D eigenvalue weighted by molar-refractivity contribution is 0.0998. The molecular formula is C16H10ClFN4O2. The number of aromatic nitrogens is 3. The summed E-state index contributed by atoms with van der Waals surface area (Å²) in [6.45, 7) is 0. The Morgan fingerprint density at radius 2 is 1.88 bits per heavy atom. The molecule has 3 rings (SSSR count). The molecule has 0 aliphatic heterocycles. The number of nitrogens with zero attached hydrogens (tertiary/aromatic N) is 3. The summed E-state index contributed by atoms with van der Waals surface area (Å²) in [5.41, 5.74) is 5.25. The quantitative estimate of drug-likeness (QED) is 0.788. The van der Waals surface area contributed by atoms with Crippen LogP contribution >= 0.6 is 11.6 Å². The highest BCUT2D eigenvalue weighted by molar-refractivity contribution is 6.30. The topological polar surface area (TPSA) is 90.9 Å². The highest BCUT2D eigenvalue weighted by Gasteiger charge is 2.15. The summed E-state index contributed by atoms with van der Waals surface area (Å²) in [7, 11) is 0. The Balaban J connectivity index is 2.27. The molecule has 0 saturated carbocycles. The molecule has 2 aromatic heterocycles. The highest BCUT2D eigenvalue weighted by atomic mass is 35.5. The fourth-order valence-corrected chi connectivity index (χ4v) is 2.25. The predicted octanol–water partition coefficient (Wildman–Crippen LogP) is 2.19. The third-order valence-electron chi connectivity index (χ3n) is 3.25. The Hall–Kier alpha value is -3.06. The van der Waals surface area contributed by atoms with Gasteiger partial charge in [-0.2, -0.15) is 9.78 Å². The van der Waals surface area contributed by atoms with Gasteiger partial charge in [0.05, 0.1) is 23.8 Å². The highest BCUT2D eigenvalue weighted by Crippen LogP contribution is 2.20. The van der Waals surface area contributed by atoms with Gasteiger partial charge in [0, 0.05) is 16.7 Å². The standard InChI is InChI=1S/C16H10ClFN4O2/c17-10-3-1-9(2-4-10)14-6-13(15(19)23)16(24)22(21-14)12-5-11(18)7-20-8-12/h1-8H,(H2,19,23). The summed E-state index contributed by atoms with van der Waals surface area (Å²) in [6.07, 6.45) is 2.25. The Kier molecular flexibility index (Phi) is 4.09. The minimum absolute atomic E-state index is 0.0818. The number of carbonyl (C=O) groups excluding carboxylic acids is 1. The molecule has 1 aromatic carbocycles. The van der Waals surface area contributed by atoms with Crippen LogP contribution in [0.2, 0.25) is 5.02 Å². The number of benzene rings is 1. The minimum Gasteiger partial charge on any atom is -0.365 e. The van der Waals surface area contributed by atoms with Gasteiger partial charge in [-0.25, -0.2) is 4.39 Å². The molecule has 3 aromatic rings. The van der Waals surface area contributed by atoms with Gasteiger partial charge in [0.15, 0.2) is 0 Å². The van der Waals surface area contributed by atoms with Crippen LogP contribution < -0.4 is 11.3 Å². The number of halogens is 2. The molecule has 0 saturated heterocycles. The van der Waals surface area contributed by atoms with E-state index in [4.69, 9.17) is 17.3 Å². The van der Waals surface area contributed by atoms with E-state index >= 15 is 0 Å². The van der Waals surface area contributed by atoms with E-state index in [9.17, 15) is 14.0 Å². The van der Waals surface area contributed by atoms with Gasteiger partial charge in [-0.3, -0.25) is 14.6 Å². The second-order valence-electron chi connectivity index (χ2n) is 4.89. The van der Waals surface area contributed by atoms with E-state index in [1.165, 1.54) is 12.3 Å². The molecule has 24 heavy (non-hydrogen) atoms. The summed E-state index contributed by atoms with van der Waals surface area (Å²) >= 11 is 5.85. The van der Waals surface area contributed by atoms with Crippen LogP contribution in [0.15, 0.2) is 53.6 Å². The van der Waals surface area contributed by atoms with Gasteiger partial charge < -0.3 is 5.73 Å². The van der Waals surface area contributed by atoms with Crippen molar-refractivity contribution in [3.63, 3.8) is 0 Å². The van der Waals surface area contributed by atoms with Crippen molar-refractivity contribution in [3.05, 3.63) is 75.5 Å². The van der Waals surface area contributed by atoms with E-state index in [-0.39, 0.29) is 11.3 Å². The maximum absolute atomic E-state index is 13.4. The molecule has 2 heterocycles. The average molecular weight is 345 g/mol. The van der Waals surface area contributed by atoms with Gasteiger partial charge >= 0.3 is 0 Å². The van der Waals surface area contributed by atoms with E-state index in [1.54, 1.807) is 24.3 Å². The Labute approximate surface area is 140 Å². The molecule has 0 unspecified atom stereocenters. The fraction of sp³-hybridized carbons (Fsp3) is 0. The number of amides is 1. The van der Waals surface area contributed by atoms with Gasteiger partial charge in [-0.05, 0) is 18.2 Å². The van der Waals surface area contributed by atoms with Crippen LogP contribution in [0.25, 0.3) is 16.9 Å². The summed E-state index contributed by atoms with van der Waals surface area (Å²) < 4.78 is 14.3. The normalized spacial score (nSPS) is 10.6. The van der Waals surface area contributed by atoms with Crippen LogP contribution in [0, 0.1) is 5.82 Å². The molecular weight excluding hydrogens is 335 g/mol. The van der Waals surface area contributed by atoms with Crippen molar-refractivity contribution in [2.45, 2.75) is 0 Å². The number of pyridine rings is 1. The van der Waals surface area contributed by atoms with Crippen molar-refractivity contribution >= 4 is 17.5 Å². The van der Waals surface area contributed by atoms with Crippen molar-refractivity contribution in [1.29, 1.82) is 0 Å². The summed E-state index contributed by atoms with van der Waals surface area (Å²) in [4.78, 5) is 27.7. The van der Waals surface area contributed by atoms with E-state index in [0.717, 1.165) is 16.9 Å². The van der Waals surface area contributed by atoms with Crippen LogP contribution in [0.1, 0.15) is 10.4 Å². The molecule has 0 radical (unpaired) electrons. The monoisotopic (exact) mass is 344 g/mol. The lowest BCUT2D eigenvalue weighted by atomic mass is 10.1. The van der Waals surface area contributed by atoms with E-state index in [0.29, 0.717) is 16.3 Å². The molecule has 0 bridgehead atoms. The van der Waals surface area contributed by atoms with Gasteiger partial charge in [0.25, 0.3) is 11.5 Å². The minimum atomic E-state index is -0.907. The average Bonchev–Trinajstić information content (AvgIpc) is 2.55. The molecule has 0 spiro atoms. The molecule has 0 aliphatic carbocycles. The van der Waals surface area contributed by atoms with Gasteiger partial charge in [0.1, 0.15) is 11.4 Å². The Bertz CT molecular complexity index is 986. The first-order chi connectivity index (χ1) is 11.5. The van der Waals surface area contributed by atoms with Crippen molar-refractivity contribution in [3.8, 4) is 16.9 Å². The first-order valence-electron chi connectivity index (χ1n) is 6.77. The Morgan fingerprint density at radius 3 is 2.50 bits per heavy atom. The molecule has 120 valence electrons. The summed E-state index contributed by atoms with van der Waals surface area (Å²) in [6, 6.07) is 9.00. The lowest BCUT2D eigenvalue weighted by Gasteiger charge is -2.09. The maximum atomic E-state index is 13.4. The second kappa shape index (κ2) is 6.21. The van der Waals surface area contributed by atoms with Crippen LogP contribution in [0.3, 0.4) is 0 Å². The van der Waals surface area contributed by atoms with E-state index in [1.807, 2.05) is 0 Å². The predicted molar refractivity (Wildman–Crippen MR) is 86.6 cm³/mol. The van der Waals surface area contributed by atoms with Crippen molar-refractivity contribution in [2.24, 2.45) is 5.73 Å².